The van der Waals surface area contributed by atoms with E-state index < -0.39 is 0 Å². The van der Waals surface area contributed by atoms with Crippen LogP contribution in [-0.2, 0) is 208 Å². The minimum Gasteiger partial charge on any atom is -0.371 e. The van der Waals surface area contributed by atoms with Crippen molar-refractivity contribution in [1.29, 1.82) is 0 Å². The first-order valence-corrected chi connectivity index (χ1v) is 11.0. The molecule has 6 rings (SSSR count). The number of rotatable bonds is 6. The van der Waals surface area contributed by atoms with Crippen LogP contribution in [0.5, 0.6) is 0 Å². The molecule has 0 aliphatic heterocycles. The third-order valence-electron chi connectivity index (χ3n) is 6.32. The van der Waals surface area contributed by atoms with Crippen molar-refractivity contribution < 1.29 is 195 Å². The Kier molecular flexibility index (Phi) is 33.4. The van der Waals surface area contributed by atoms with Gasteiger partial charge in [0.1, 0.15) is 0 Å². The Labute approximate surface area is 371 Å². The van der Waals surface area contributed by atoms with Crippen LogP contribution < -0.4 is 0 Å². The summed E-state index contributed by atoms with van der Waals surface area (Å²) in [6, 6.07) is 34.8. The second-order valence-corrected chi connectivity index (χ2v) is 8.10. The quantitative estimate of drug-likeness (QED) is 0.0938. The Morgan fingerprint density at radius 1 is 0.341 bits per heavy atom. The Bertz CT molecular complexity index is 1330. The number of benzene rings is 4. The van der Waals surface area contributed by atoms with E-state index in [0.717, 1.165) is 19.5 Å². The van der Waals surface area contributed by atoms with Gasteiger partial charge in [0, 0.05) is 238 Å². The van der Waals surface area contributed by atoms with Gasteiger partial charge in [-0.15, -0.1) is 13.1 Å². The SMILES string of the molecule is [Rh].[Rh].[Rh].[Rh].[Rh].[Rh].[Rh].[Rh].[Rh].[Rh].c1ccc2c(c1)c1ccccc1n2C[CH-]C[CH-]Cn1c2ccccc2c2ccccc21. The Morgan fingerprint density at radius 3 is 0.805 bits per heavy atom. The number of para-hydroxylation sites is 4. The maximum absolute atomic E-state index is 2.43. The summed E-state index contributed by atoms with van der Waals surface area (Å²) < 4.78 is 4.86. The van der Waals surface area contributed by atoms with Crippen LogP contribution in [0.1, 0.15) is 6.42 Å². The molecule has 0 amide bonds. The zero-order valence-electron chi connectivity index (χ0n) is 20.7. The predicted octanol–water partition coefficient (Wildman–Crippen LogP) is 7.38. The zero-order valence-corrected chi connectivity index (χ0v) is 37.1. The molecule has 0 atom stereocenters. The molecule has 0 aliphatic rings. The largest absolute Gasteiger partial charge is 0.371 e. The van der Waals surface area contributed by atoms with Gasteiger partial charge in [-0.25, -0.2) is 0 Å². The maximum Gasteiger partial charge on any atom is 0.0466 e. The first-order chi connectivity index (χ1) is 15.4. The van der Waals surface area contributed by atoms with Gasteiger partial charge in [-0.3, -0.25) is 0 Å². The third kappa shape index (κ3) is 11.4. The molecule has 0 saturated heterocycles. The second-order valence-electron chi connectivity index (χ2n) is 8.10. The zero-order chi connectivity index (χ0) is 20.6. The monoisotopic (exact) mass is 1430 g/mol. The van der Waals surface area contributed by atoms with Crippen LogP contribution in [0.15, 0.2) is 97.1 Å². The van der Waals surface area contributed by atoms with E-state index in [0.29, 0.717) is 0 Å². The van der Waals surface area contributed by atoms with E-state index in [9.17, 15) is 0 Å². The van der Waals surface area contributed by atoms with Crippen molar-refractivity contribution in [2.24, 2.45) is 0 Å². The van der Waals surface area contributed by atoms with Gasteiger partial charge in [0.25, 0.3) is 0 Å². The molecule has 12 heteroatoms. The fourth-order valence-electron chi connectivity index (χ4n) is 4.93. The summed E-state index contributed by atoms with van der Waals surface area (Å²) in [4.78, 5) is 0. The van der Waals surface area contributed by atoms with Gasteiger partial charge in [0.2, 0.25) is 0 Å². The number of hydrogen-bond donors (Lipinski definition) is 0. The van der Waals surface area contributed by atoms with Crippen LogP contribution in [0.3, 0.4) is 0 Å². The summed E-state index contributed by atoms with van der Waals surface area (Å²) in [6.07, 6.45) is 5.74. The maximum atomic E-state index is 2.43. The topological polar surface area (TPSA) is 9.86 Å². The minimum absolute atomic E-state index is 0. The van der Waals surface area contributed by atoms with Crippen LogP contribution in [0.2, 0.25) is 0 Å². The normalized spacial score (nSPS) is 8.98. The van der Waals surface area contributed by atoms with Crippen molar-refractivity contribution in [2.45, 2.75) is 19.5 Å². The average molecular weight is 1430 g/mol. The Balaban J connectivity index is -0.000000432. The molecule has 0 unspecified atom stereocenters. The predicted molar refractivity (Wildman–Crippen MR) is 132 cm³/mol. The first-order valence-electron chi connectivity index (χ1n) is 11.0. The van der Waals surface area contributed by atoms with Gasteiger partial charge >= 0.3 is 0 Å². The van der Waals surface area contributed by atoms with Gasteiger partial charge in [-0.1, -0.05) is 72.8 Å². The van der Waals surface area contributed by atoms with Crippen molar-refractivity contribution in [3.8, 4) is 0 Å². The van der Waals surface area contributed by atoms with Gasteiger partial charge < -0.3 is 28.4 Å². The van der Waals surface area contributed by atoms with Crippen molar-refractivity contribution in [2.75, 3.05) is 0 Å². The van der Waals surface area contributed by atoms with Crippen molar-refractivity contribution in [3.05, 3.63) is 110 Å². The summed E-state index contributed by atoms with van der Waals surface area (Å²) >= 11 is 0. The molecule has 41 heavy (non-hydrogen) atoms. The van der Waals surface area contributed by atoms with E-state index in [1.165, 1.54) is 43.6 Å². The second kappa shape index (κ2) is 25.8. The van der Waals surface area contributed by atoms with Gasteiger partial charge in [0.05, 0.1) is 0 Å². The third-order valence-corrected chi connectivity index (χ3v) is 6.32. The summed E-state index contributed by atoms with van der Waals surface area (Å²) in [5.74, 6) is 0. The Morgan fingerprint density at radius 2 is 0.561 bits per heavy atom. The molecule has 6 aromatic rings. The molecule has 0 saturated carbocycles. The van der Waals surface area contributed by atoms with Crippen molar-refractivity contribution in [1.82, 2.24) is 9.13 Å². The standard InChI is InChI=1S/C29H24N2.10Rh/c1(10-20-30-26-16-6-2-12-22(26)23-13-3-7-17-27(23)30)11-21-31-28-18-8-4-14-24(28)25-15-5-9-19-29(25)31;;;;;;;;;;/h2-19H,1,20-21H2;;;;;;;;;;/q-2;;;;;;;;;;. The van der Waals surface area contributed by atoms with Crippen LogP contribution in [0, 0.1) is 12.8 Å². The number of nitrogens with zero attached hydrogens (tertiary/aromatic N) is 2. The van der Waals surface area contributed by atoms with Crippen molar-refractivity contribution >= 4 is 43.6 Å². The fourth-order valence-corrected chi connectivity index (χ4v) is 4.93. The van der Waals surface area contributed by atoms with E-state index >= 15 is 0 Å². The van der Waals surface area contributed by atoms with Gasteiger partial charge in [-0.2, -0.15) is 0 Å². The van der Waals surface area contributed by atoms with Crippen LogP contribution in [0.25, 0.3) is 43.6 Å². The van der Waals surface area contributed by atoms with E-state index in [-0.39, 0.29) is 195 Å². The molecule has 4 aromatic carbocycles. The molecule has 0 spiro atoms. The molecular formula is C29H24N2Rh10-2. The molecule has 2 heterocycles. The average Bonchev–Trinajstić information content (AvgIpc) is 3.32. The number of fused-ring (bicyclic) bond motifs is 6. The Hall–Kier alpha value is 2.71. The fraction of sp³-hybridized carbons (Fsp3) is 0.103. The molecule has 2 aromatic heterocycles. The number of hydrogen-bond acceptors (Lipinski definition) is 0. The molecule has 0 N–H and O–H groups in total. The molecule has 10 radical (unpaired) electrons. The molecule has 0 bridgehead atoms. The van der Waals surface area contributed by atoms with Gasteiger partial charge in [-0.05, 0) is 24.3 Å². The van der Waals surface area contributed by atoms with E-state index in [2.05, 4.69) is 119 Å². The van der Waals surface area contributed by atoms with Crippen LogP contribution in [-0.4, -0.2) is 9.13 Å². The van der Waals surface area contributed by atoms with E-state index in [4.69, 9.17) is 0 Å². The summed E-state index contributed by atoms with van der Waals surface area (Å²) in [7, 11) is 0. The smallest absolute Gasteiger partial charge is 0.0466 e. The van der Waals surface area contributed by atoms with E-state index in [1.807, 2.05) is 0 Å². The first kappa shape index (κ1) is 53.2. The van der Waals surface area contributed by atoms with Crippen LogP contribution in [0.4, 0.5) is 0 Å². The van der Waals surface area contributed by atoms with Crippen LogP contribution >= 0.6 is 0 Å². The molecule has 242 valence electrons. The summed E-state index contributed by atoms with van der Waals surface area (Å²) in [5, 5.41) is 5.34. The molecule has 2 nitrogen and oxygen atoms in total. The van der Waals surface area contributed by atoms with Crippen molar-refractivity contribution in [3.63, 3.8) is 0 Å². The number of aromatic nitrogens is 2. The van der Waals surface area contributed by atoms with Gasteiger partial charge in [0.15, 0.2) is 0 Å². The summed E-state index contributed by atoms with van der Waals surface area (Å²) in [5.41, 5.74) is 5.23. The molecular weight excluding hydrogens is 1410 g/mol. The molecule has 0 aliphatic carbocycles. The van der Waals surface area contributed by atoms with E-state index in [1.54, 1.807) is 0 Å². The molecule has 0 fully saturated rings. The summed E-state index contributed by atoms with van der Waals surface area (Å²) in [6.45, 7) is 1.83. The minimum atomic E-state index is 0. The number of unbranched alkanes of at least 4 members (excludes halogenated alkanes) is 2.